The molecule has 0 aliphatic carbocycles. The average Bonchev–Trinajstić information content (AvgIpc) is 2.70. The number of carbonyl (C=O) groups excluding carboxylic acids is 3. The molecule has 152 valence electrons. The van der Waals surface area contributed by atoms with Gasteiger partial charge in [-0.2, -0.15) is 0 Å². The van der Waals surface area contributed by atoms with E-state index >= 15 is 0 Å². The van der Waals surface area contributed by atoms with Crippen LogP contribution in [0.4, 0.5) is 22.7 Å². The van der Waals surface area contributed by atoms with E-state index in [-0.39, 0.29) is 5.69 Å². The number of hydrogen-bond acceptors (Lipinski definition) is 6. The normalized spacial score (nSPS) is 14.3. The summed E-state index contributed by atoms with van der Waals surface area (Å²) >= 11 is 0. The van der Waals surface area contributed by atoms with E-state index in [9.17, 15) is 14.4 Å². The molecule has 2 aromatic carbocycles. The van der Waals surface area contributed by atoms with Crippen molar-refractivity contribution < 1.29 is 14.4 Å². The number of nitrogens with two attached hydrogens (primary N) is 1. The second-order valence-electron chi connectivity index (χ2n) is 7.04. The van der Waals surface area contributed by atoms with Crippen molar-refractivity contribution in [2.45, 2.75) is 6.92 Å². The lowest BCUT2D eigenvalue weighted by atomic mass is 10.2. The van der Waals surface area contributed by atoms with E-state index in [1.165, 1.54) is 19.1 Å². The molecule has 8 heteroatoms. The van der Waals surface area contributed by atoms with Crippen LogP contribution in [0.3, 0.4) is 0 Å². The number of imide groups is 1. The van der Waals surface area contributed by atoms with Gasteiger partial charge < -0.3 is 20.9 Å². The SMILES string of the molecule is CC(=O)N(C(=O)C(=O)Nc1ccc(N2CCN(C)CC2)cc1)c1ccc(N)cc1. The van der Waals surface area contributed by atoms with Crippen molar-refractivity contribution in [1.82, 2.24) is 4.90 Å². The highest BCUT2D eigenvalue weighted by Gasteiger charge is 2.27. The van der Waals surface area contributed by atoms with Crippen LogP contribution in [-0.4, -0.2) is 55.8 Å². The van der Waals surface area contributed by atoms with E-state index in [1.54, 1.807) is 24.3 Å². The lowest BCUT2D eigenvalue weighted by Gasteiger charge is -2.34. The maximum Gasteiger partial charge on any atom is 0.323 e. The molecule has 0 aromatic heterocycles. The fourth-order valence-corrected chi connectivity index (χ4v) is 3.17. The van der Waals surface area contributed by atoms with E-state index in [2.05, 4.69) is 22.2 Å². The van der Waals surface area contributed by atoms with Crippen LogP contribution in [0.5, 0.6) is 0 Å². The zero-order valence-corrected chi connectivity index (χ0v) is 16.6. The van der Waals surface area contributed by atoms with Crippen LogP contribution in [0.15, 0.2) is 48.5 Å². The number of amides is 3. The number of nitrogens with zero attached hydrogens (tertiary/aromatic N) is 3. The number of hydrogen-bond donors (Lipinski definition) is 2. The first-order chi connectivity index (χ1) is 13.8. The summed E-state index contributed by atoms with van der Waals surface area (Å²) in [5.41, 5.74) is 7.98. The first-order valence-corrected chi connectivity index (χ1v) is 9.40. The molecule has 1 saturated heterocycles. The van der Waals surface area contributed by atoms with Gasteiger partial charge in [-0.15, -0.1) is 0 Å². The fraction of sp³-hybridized carbons (Fsp3) is 0.286. The Kier molecular flexibility index (Phi) is 6.13. The zero-order chi connectivity index (χ0) is 21.0. The largest absolute Gasteiger partial charge is 0.399 e. The number of anilines is 4. The van der Waals surface area contributed by atoms with Gasteiger partial charge >= 0.3 is 11.8 Å². The van der Waals surface area contributed by atoms with Crippen molar-refractivity contribution in [3.8, 4) is 0 Å². The van der Waals surface area contributed by atoms with Gasteiger partial charge in [0.2, 0.25) is 5.91 Å². The van der Waals surface area contributed by atoms with Crippen molar-refractivity contribution in [2.24, 2.45) is 0 Å². The van der Waals surface area contributed by atoms with Crippen LogP contribution in [0.25, 0.3) is 0 Å². The van der Waals surface area contributed by atoms with Gasteiger partial charge in [-0.05, 0) is 55.6 Å². The third kappa shape index (κ3) is 4.91. The Labute approximate surface area is 169 Å². The first-order valence-electron chi connectivity index (χ1n) is 9.40. The molecule has 1 aliphatic heterocycles. The first kappa shape index (κ1) is 20.3. The predicted octanol–water partition coefficient (Wildman–Crippen LogP) is 1.54. The van der Waals surface area contributed by atoms with Crippen molar-refractivity contribution in [3.05, 3.63) is 48.5 Å². The molecule has 0 saturated carbocycles. The lowest BCUT2D eigenvalue weighted by molar-refractivity contribution is -0.136. The number of piperazine rings is 1. The summed E-state index contributed by atoms with van der Waals surface area (Å²) in [6, 6.07) is 13.5. The maximum atomic E-state index is 12.6. The van der Waals surface area contributed by atoms with Crippen LogP contribution < -0.4 is 20.9 Å². The van der Waals surface area contributed by atoms with Crippen LogP contribution >= 0.6 is 0 Å². The molecule has 3 N–H and O–H groups in total. The highest BCUT2D eigenvalue weighted by Crippen LogP contribution is 2.20. The van der Waals surface area contributed by atoms with Crippen LogP contribution in [-0.2, 0) is 14.4 Å². The monoisotopic (exact) mass is 395 g/mol. The molecule has 29 heavy (non-hydrogen) atoms. The number of likely N-dealkylation sites (N-methyl/N-ethyl adjacent to an activating group) is 1. The van der Waals surface area contributed by atoms with Gasteiger partial charge in [0.25, 0.3) is 0 Å². The Morgan fingerprint density at radius 3 is 2.07 bits per heavy atom. The molecule has 2 aromatic rings. The molecule has 0 radical (unpaired) electrons. The van der Waals surface area contributed by atoms with Gasteiger partial charge in [-0.25, -0.2) is 4.90 Å². The summed E-state index contributed by atoms with van der Waals surface area (Å²) in [7, 11) is 2.10. The molecule has 0 atom stereocenters. The summed E-state index contributed by atoms with van der Waals surface area (Å²) < 4.78 is 0. The minimum Gasteiger partial charge on any atom is -0.399 e. The number of nitrogens with one attached hydrogen (secondary N) is 1. The third-order valence-corrected chi connectivity index (χ3v) is 4.86. The highest BCUT2D eigenvalue weighted by atomic mass is 16.2. The van der Waals surface area contributed by atoms with E-state index in [1.807, 2.05) is 12.1 Å². The van der Waals surface area contributed by atoms with Crippen LogP contribution in [0.2, 0.25) is 0 Å². The maximum absolute atomic E-state index is 12.6. The standard InChI is InChI=1S/C21H25N5O3/c1-15(27)26(19-7-3-16(22)4-8-19)21(29)20(28)23-17-5-9-18(10-6-17)25-13-11-24(2)12-14-25/h3-10H,11-14,22H2,1-2H3,(H,23,28). The minimum atomic E-state index is -0.953. The molecule has 0 unspecified atom stereocenters. The zero-order valence-electron chi connectivity index (χ0n) is 16.6. The van der Waals surface area contributed by atoms with E-state index in [0.717, 1.165) is 36.8 Å². The molecular formula is C21H25N5O3. The Balaban J connectivity index is 1.67. The molecule has 1 aliphatic rings. The molecule has 0 bridgehead atoms. The van der Waals surface area contributed by atoms with Crippen LogP contribution in [0, 0.1) is 0 Å². The minimum absolute atomic E-state index is 0.289. The third-order valence-electron chi connectivity index (χ3n) is 4.86. The Morgan fingerprint density at radius 1 is 0.931 bits per heavy atom. The Bertz CT molecular complexity index is 888. The Hall–Kier alpha value is -3.39. The molecule has 1 fully saturated rings. The van der Waals surface area contributed by atoms with Gasteiger partial charge in [0, 0.05) is 50.2 Å². The van der Waals surface area contributed by atoms with E-state index < -0.39 is 17.7 Å². The van der Waals surface area contributed by atoms with Crippen molar-refractivity contribution in [1.29, 1.82) is 0 Å². The second kappa shape index (κ2) is 8.74. The average molecular weight is 395 g/mol. The van der Waals surface area contributed by atoms with Gasteiger partial charge in [-0.1, -0.05) is 0 Å². The van der Waals surface area contributed by atoms with E-state index in [4.69, 9.17) is 5.73 Å². The van der Waals surface area contributed by atoms with Gasteiger partial charge in [0.1, 0.15) is 0 Å². The smallest absolute Gasteiger partial charge is 0.323 e. The predicted molar refractivity (Wildman–Crippen MR) is 114 cm³/mol. The molecule has 0 spiro atoms. The second-order valence-corrected chi connectivity index (χ2v) is 7.04. The van der Waals surface area contributed by atoms with Gasteiger partial charge in [0.15, 0.2) is 0 Å². The highest BCUT2D eigenvalue weighted by molar-refractivity contribution is 6.48. The topological polar surface area (TPSA) is 99.0 Å². The summed E-state index contributed by atoms with van der Waals surface area (Å²) in [6.45, 7) is 5.11. The molecule has 3 rings (SSSR count). The van der Waals surface area contributed by atoms with Crippen molar-refractivity contribution in [3.63, 3.8) is 0 Å². The summed E-state index contributed by atoms with van der Waals surface area (Å²) in [4.78, 5) is 42.3. The van der Waals surface area contributed by atoms with E-state index in [0.29, 0.717) is 11.4 Å². The van der Waals surface area contributed by atoms with Crippen molar-refractivity contribution in [2.75, 3.05) is 54.1 Å². The van der Waals surface area contributed by atoms with Gasteiger partial charge in [-0.3, -0.25) is 14.4 Å². The lowest BCUT2D eigenvalue weighted by Crippen LogP contribution is -2.44. The summed E-state index contributed by atoms with van der Waals surface area (Å²) in [5, 5.41) is 2.56. The number of nitrogen functional groups attached to an aromatic ring is 1. The van der Waals surface area contributed by atoms with Crippen molar-refractivity contribution >= 4 is 40.5 Å². The molecule has 3 amide bonds. The van der Waals surface area contributed by atoms with Gasteiger partial charge in [0.05, 0.1) is 5.69 Å². The number of rotatable bonds is 3. The quantitative estimate of drug-likeness (QED) is 0.604. The fourth-order valence-electron chi connectivity index (χ4n) is 3.17. The molecular weight excluding hydrogens is 370 g/mol. The molecule has 8 nitrogen and oxygen atoms in total. The summed E-state index contributed by atoms with van der Waals surface area (Å²) in [5.74, 6) is -2.39. The number of benzene rings is 2. The Morgan fingerprint density at radius 2 is 1.52 bits per heavy atom. The summed E-state index contributed by atoms with van der Waals surface area (Å²) in [6.07, 6.45) is 0. The number of carbonyl (C=O) groups is 3. The molecule has 1 heterocycles. The van der Waals surface area contributed by atoms with Crippen LogP contribution in [0.1, 0.15) is 6.92 Å².